The number of hydroxylamine groups is 1. The zero-order chi connectivity index (χ0) is 5.28. The third-order valence-corrected chi connectivity index (χ3v) is 1.33. The summed E-state index contributed by atoms with van der Waals surface area (Å²) in [4.78, 5) is 0. The van der Waals surface area contributed by atoms with Crippen LogP contribution in [0.5, 0.6) is 0 Å². The topological polar surface area (TPSA) is 26.1 Å². The molecule has 0 fully saturated rings. The number of hydrogen-bond acceptors (Lipinski definition) is 1. The third-order valence-electron chi connectivity index (χ3n) is 1.33. The first-order valence-electron chi connectivity index (χ1n) is 2.58. The average Bonchev–Trinajstić information content (AvgIpc) is 1.91. The fourth-order valence-electron chi connectivity index (χ4n) is 0.794. The highest BCUT2D eigenvalue weighted by atomic mass is 16.5. The molecule has 1 aliphatic heterocycles. The fraction of sp³-hybridized carbons (Fsp3) is 0.800. The lowest BCUT2D eigenvalue weighted by molar-refractivity contribution is -0.448. The first-order chi connectivity index (χ1) is 3.30. The van der Waals surface area contributed by atoms with E-state index in [1.807, 2.05) is 6.92 Å². The Balaban J connectivity index is 2.64. The summed E-state index contributed by atoms with van der Waals surface area (Å²) < 4.78 is 1.07. The van der Waals surface area contributed by atoms with Crippen LogP contribution in [0.25, 0.3) is 0 Å². The van der Waals surface area contributed by atoms with Gasteiger partial charge in [-0.2, -0.15) is 0 Å². The second kappa shape index (κ2) is 1.52. The molecule has 0 N–H and O–H groups in total. The van der Waals surface area contributed by atoms with Gasteiger partial charge in [0, 0.05) is 19.8 Å². The molecule has 2 heteroatoms. The van der Waals surface area contributed by atoms with E-state index >= 15 is 0 Å². The minimum atomic E-state index is 0.714. The van der Waals surface area contributed by atoms with Crippen LogP contribution in [-0.4, -0.2) is 17.0 Å². The van der Waals surface area contributed by atoms with E-state index < -0.39 is 0 Å². The van der Waals surface area contributed by atoms with E-state index in [-0.39, 0.29) is 0 Å². The van der Waals surface area contributed by atoms with E-state index in [1.54, 1.807) is 0 Å². The van der Waals surface area contributed by atoms with Crippen molar-refractivity contribution < 1.29 is 4.74 Å². The standard InChI is InChI=1S/C5H9NO/c1-5-3-2-4-6(5)7/h2-4H2,1H3. The van der Waals surface area contributed by atoms with Gasteiger partial charge in [0.1, 0.15) is 0 Å². The van der Waals surface area contributed by atoms with Crippen molar-refractivity contribution in [2.45, 2.75) is 19.8 Å². The summed E-state index contributed by atoms with van der Waals surface area (Å²) in [7, 11) is 0. The van der Waals surface area contributed by atoms with Crippen LogP contribution >= 0.6 is 0 Å². The van der Waals surface area contributed by atoms with E-state index in [1.165, 1.54) is 0 Å². The largest absolute Gasteiger partial charge is 0.624 e. The van der Waals surface area contributed by atoms with E-state index in [4.69, 9.17) is 0 Å². The van der Waals surface area contributed by atoms with Crippen LogP contribution in [-0.2, 0) is 0 Å². The second-order valence-electron chi connectivity index (χ2n) is 1.94. The smallest absolute Gasteiger partial charge is 0.160 e. The molecular formula is C5H9NO. The van der Waals surface area contributed by atoms with E-state index in [2.05, 4.69) is 0 Å². The van der Waals surface area contributed by atoms with Crippen molar-refractivity contribution >= 4 is 5.71 Å². The van der Waals surface area contributed by atoms with Crippen LogP contribution in [0.2, 0.25) is 0 Å². The molecule has 1 aliphatic rings. The lowest BCUT2D eigenvalue weighted by Crippen LogP contribution is -2.02. The van der Waals surface area contributed by atoms with Crippen LogP contribution < -0.4 is 0 Å². The van der Waals surface area contributed by atoms with Gasteiger partial charge in [0.2, 0.25) is 0 Å². The van der Waals surface area contributed by atoms with Crippen LogP contribution in [0.4, 0.5) is 0 Å². The normalized spacial score (nSPS) is 21.3. The molecule has 2 nitrogen and oxygen atoms in total. The molecule has 0 amide bonds. The summed E-state index contributed by atoms with van der Waals surface area (Å²) in [5.74, 6) is 0. The zero-order valence-electron chi connectivity index (χ0n) is 4.48. The summed E-state index contributed by atoms with van der Waals surface area (Å²) in [5, 5.41) is 10.5. The molecule has 0 saturated carbocycles. The van der Waals surface area contributed by atoms with Crippen LogP contribution in [0.1, 0.15) is 19.8 Å². The highest BCUT2D eigenvalue weighted by Gasteiger charge is 2.10. The van der Waals surface area contributed by atoms with Crippen molar-refractivity contribution in [1.29, 1.82) is 0 Å². The fourth-order valence-corrected chi connectivity index (χ4v) is 0.794. The zero-order valence-corrected chi connectivity index (χ0v) is 4.48. The highest BCUT2D eigenvalue weighted by molar-refractivity contribution is 5.77. The molecule has 0 aromatic rings. The number of nitrogens with zero attached hydrogens (tertiary/aromatic N) is 1. The Morgan fingerprint density at radius 2 is 2.43 bits per heavy atom. The van der Waals surface area contributed by atoms with Crippen molar-refractivity contribution in [3.8, 4) is 0 Å². The maximum atomic E-state index is 10.5. The maximum Gasteiger partial charge on any atom is 0.160 e. The third kappa shape index (κ3) is 0.734. The van der Waals surface area contributed by atoms with Crippen molar-refractivity contribution in [2.24, 2.45) is 0 Å². The van der Waals surface area contributed by atoms with E-state index in [0.717, 1.165) is 23.3 Å². The molecule has 0 aliphatic carbocycles. The quantitative estimate of drug-likeness (QED) is 0.325. The van der Waals surface area contributed by atoms with Gasteiger partial charge >= 0.3 is 0 Å². The molecular weight excluding hydrogens is 90.1 g/mol. The van der Waals surface area contributed by atoms with Gasteiger partial charge in [-0.15, -0.1) is 0 Å². The van der Waals surface area contributed by atoms with Gasteiger partial charge in [0.15, 0.2) is 12.3 Å². The molecule has 0 atom stereocenters. The summed E-state index contributed by atoms with van der Waals surface area (Å²) in [5.41, 5.74) is 0.986. The Labute approximate surface area is 43.0 Å². The SMILES string of the molecule is CC1=[N+]([O-])CCC1. The highest BCUT2D eigenvalue weighted by Crippen LogP contribution is 2.00. The molecule has 7 heavy (non-hydrogen) atoms. The van der Waals surface area contributed by atoms with Gasteiger partial charge in [-0.25, -0.2) is 4.74 Å². The number of rotatable bonds is 0. The molecule has 0 spiro atoms. The lowest BCUT2D eigenvalue weighted by atomic mass is 10.3. The summed E-state index contributed by atoms with van der Waals surface area (Å²) >= 11 is 0. The van der Waals surface area contributed by atoms with Crippen LogP contribution in [0.3, 0.4) is 0 Å². The Kier molecular flexibility index (Phi) is 1.01. The average molecular weight is 99.1 g/mol. The molecule has 0 aromatic heterocycles. The Morgan fingerprint density at radius 1 is 1.71 bits per heavy atom. The molecule has 0 unspecified atom stereocenters. The maximum absolute atomic E-state index is 10.5. The van der Waals surface area contributed by atoms with Crippen molar-refractivity contribution in [2.75, 3.05) is 6.54 Å². The molecule has 1 heterocycles. The summed E-state index contributed by atoms with van der Waals surface area (Å²) in [6, 6.07) is 0. The lowest BCUT2D eigenvalue weighted by Gasteiger charge is -1.94. The van der Waals surface area contributed by atoms with Gasteiger partial charge in [0.05, 0.1) is 0 Å². The Bertz CT molecular complexity index is 94.6. The Hall–Kier alpha value is -0.530. The van der Waals surface area contributed by atoms with Crippen LogP contribution in [0.15, 0.2) is 0 Å². The van der Waals surface area contributed by atoms with Crippen molar-refractivity contribution in [3.05, 3.63) is 5.21 Å². The van der Waals surface area contributed by atoms with Gasteiger partial charge in [-0.1, -0.05) is 0 Å². The van der Waals surface area contributed by atoms with Gasteiger partial charge in [-0.3, -0.25) is 0 Å². The first-order valence-corrected chi connectivity index (χ1v) is 2.58. The monoisotopic (exact) mass is 99.1 g/mol. The number of hydrogen-bond donors (Lipinski definition) is 0. The molecule has 0 aromatic carbocycles. The van der Waals surface area contributed by atoms with Crippen molar-refractivity contribution in [3.63, 3.8) is 0 Å². The minimum absolute atomic E-state index is 0.714. The summed E-state index contributed by atoms with van der Waals surface area (Å²) in [6.07, 6.45) is 2.05. The van der Waals surface area contributed by atoms with Crippen LogP contribution in [0, 0.1) is 5.21 Å². The van der Waals surface area contributed by atoms with Gasteiger partial charge < -0.3 is 5.21 Å². The predicted molar refractivity (Wildman–Crippen MR) is 28.4 cm³/mol. The second-order valence-corrected chi connectivity index (χ2v) is 1.94. The first kappa shape index (κ1) is 4.62. The van der Waals surface area contributed by atoms with E-state index in [0.29, 0.717) is 6.54 Å². The molecule has 40 valence electrons. The van der Waals surface area contributed by atoms with Gasteiger partial charge in [-0.05, 0) is 0 Å². The Morgan fingerprint density at radius 3 is 2.57 bits per heavy atom. The van der Waals surface area contributed by atoms with Gasteiger partial charge in [0.25, 0.3) is 0 Å². The molecule has 1 rings (SSSR count). The summed E-state index contributed by atoms with van der Waals surface area (Å²) in [6.45, 7) is 2.60. The molecule has 0 radical (unpaired) electrons. The minimum Gasteiger partial charge on any atom is -0.624 e. The van der Waals surface area contributed by atoms with E-state index in [9.17, 15) is 5.21 Å². The molecule has 0 saturated heterocycles. The predicted octanol–water partition coefficient (Wildman–Crippen LogP) is 0.751. The van der Waals surface area contributed by atoms with Crippen molar-refractivity contribution in [1.82, 2.24) is 0 Å². The molecule has 0 bridgehead atoms.